The van der Waals surface area contributed by atoms with Crippen molar-refractivity contribution >= 4 is 35.2 Å². The minimum absolute atomic E-state index is 0.174. The lowest BCUT2D eigenvalue weighted by Gasteiger charge is -2.45. The summed E-state index contributed by atoms with van der Waals surface area (Å²) in [6.45, 7) is 6.92. The van der Waals surface area contributed by atoms with Gasteiger partial charge >= 0.3 is 0 Å². The summed E-state index contributed by atoms with van der Waals surface area (Å²) in [5, 5.41) is 3.83. The van der Waals surface area contributed by atoms with Crippen LogP contribution < -0.4 is 20.1 Å². The van der Waals surface area contributed by atoms with E-state index in [4.69, 9.17) is 9.97 Å². The summed E-state index contributed by atoms with van der Waals surface area (Å²) in [5.41, 5.74) is 14.2. The Kier molecular flexibility index (Phi) is 11.6. The van der Waals surface area contributed by atoms with Crippen molar-refractivity contribution in [1.29, 1.82) is 0 Å². The normalized spacial score (nSPS) is 11.6. The molecular weight excluding hydrogens is 815 g/mol. The van der Waals surface area contributed by atoms with Gasteiger partial charge in [0.15, 0.2) is 0 Å². The van der Waals surface area contributed by atoms with E-state index < -0.39 is 8.24 Å². The molecule has 0 saturated carbocycles. The van der Waals surface area contributed by atoms with Crippen molar-refractivity contribution in [2.75, 3.05) is 4.57 Å². The molecule has 0 fully saturated rings. The highest BCUT2D eigenvalue weighted by molar-refractivity contribution is 7.14. The van der Waals surface area contributed by atoms with Gasteiger partial charge in [0.1, 0.15) is 0 Å². The highest BCUT2D eigenvalue weighted by Gasteiger charge is 2.47. The molecule has 2 heterocycles. The number of hydrogen-bond donors (Lipinski definition) is 0. The van der Waals surface area contributed by atoms with Gasteiger partial charge < -0.3 is 4.57 Å². The maximum absolute atomic E-state index is 5.07. The summed E-state index contributed by atoms with van der Waals surface area (Å²) >= 11 is 0. The molecular formula is C62H51N3Si. The molecule has 0 saturated heterocycles. The number of rotatable bonds is 11. The smallest absolute Gasteiger partial charge is 0.257 e. The predicted molar refractivity (Wildman–Crippen MR) is 280 cm³/mol. The third-order valence-corrected chi connectivity index (χ3v) is 17.3. The number of hydrogen-bond acceptors (Lipinski definition) is 3. The van der Waals surface area contributed by atoms with Crippen molar-refractivity contribution in [3.8, 4) is 55.9 Å². The molecule has 0 aliphatic heterocycles. The molecule has 10 rings (SSSR count). The molecule has 3 nitrogen and oxygen atoms in total. The van der Waals surface area contributed by atoms with Crippen molar-refractivity contribution < 1.29 is 0 Å². The monoisotopic (exact) mass is 865 g/mol. The summed E-state index contributed by atoms with van der Waals surface area (Å²) in [7, 11) is -3.24. The topological polar surface area (TPSA) is 29.0 Å². The molecule has 0 unspecified atom stereocenters. The fraction of sp³-hybridized carbons (Fsp3) is 0.0645. The van der Waals surface area contributed by atoms with Crippen molar-refractivity contribution in [2.24, 2.45) is 0 Å². The van der Waals surface area contributed by atoms with E-state index in [1.165, 1.54) is 37.8 Å². The highest BCUT2D eigenvalue weighted by Crippen LogP contribution is 2.40. The Balaban J connectivity index is 1.24. The first-order valence-corrected chi connectivity index (χ1v) is 24.7. The Hall–Kier alpha value is -7.92. The zero-order valence-corrected chi connectivity index (χ0v) is 38.6. The minimum Gasteiger partial charge on any atom is -0.356 e. The molecule has 0 radical (unpaired) electrons. The Morgan fingerprint density at radius 3 is 1.33 bits per heavy atom. The molecule has 0 N–H and O–H groups in total. The van der Waals surface area contributed by atoms with E-state index in [0.717, 1.165) is 50.6 Å². The first-order chi connectivity index (χ1) is 32.4. The van der Waals surface area contributed by atoms with Crippen LogP contribution in [0, 0.1) is 0 Å². The van der Waals surface area contributed by atoms with Gasteiger partial charge in [-0.1, -0.05) is 209 Å². The Bertz CT molecular complexity index is 3120. The third kappa shape index (κ3) is 8.31. The van der Waals surface area contributed by atoms with Gasteiger partial charge in [-0.3, -0.25) is 9.97 Å². The number of anilines is 2. The molecule has 0 bridgehead atoms. The molecule has 318 valence electrons. The Morgan fingerprint density at radius 1 is 0.333 bits per heavy atom. The van der Waals surface area contributed by atoms with E-state index in [1.54, 1.807) is 0 Å². The van der Waals surface area contributed by atoms with Crippen molar-refractivity contribution in [3.63, 3.8) is 0 Å². The average molecular weight is 866 g/mol. The van der Waals surface area contributed by atoms with Crippen LogP contribution >= 0.6 is 0 Å². The zero-order chi connectivity index (χ0) is 44.9. The van der Waals surface area contributed by atoms with Crippen LogP contribution in [0.15, 0.2) is 255 Å². The van der Waals surface area contributed by atoms with E-state index in [1.807, 2.05) is 12.4 Å². The molecule has 0 aliphatic carbocycles. The second-order valence-corrected chi connectivity index (χ2v) is 21.5. The van der Waals surface area contributed by atoms with E-state index in [2.05, 4.69) is 268 Å². The van der Waals surface area contributed by atoms with Gasteiger partial charge in [-0.25, -0.2) is 0 Å². The molecule has 2 aromatic heterocycles. The van der Waals surface area contributed by atoms with Crippen LogP contribution in [0.5, 0.6) is 0 Å². The maximum Gasteiger partial charge on any atom is 0.257 e. The van der Waals surface area contributed by atoms with Crippen molar-refractivity contribution in [1.82, 2.24) is 9.97 Å². The molecule has 0 atom stereocenters. The summed E-state index contributed by atoms with van der Waals surface area (Å²) < 4.78 is 2.70. The van der Waals surface area contributed by atoms with Gasteiger partial charge in [0, 0.05) is 34.9 Å². The molecule has 0 aliphatic rings. The van der Waals surface area contributed by atoms with Gasteiger partial charge in [0.05, 0.1) is 11.4 Å². The number of aromatic nitrogens is 2. The van der Waals surface area contributed by atoms with Gasteiger partial charge in [0.2, 0.25) is 0 Å². The van der Waals surface area contributed by atoms with Crippen LogP contribution in [0.1, 0.15) is 26.3 Å². The molecule has 66 heavy (non-hydrogen) atoms. The molecule has 4 heteroatoms. The Morgan fingerprint density at radius 2 is 0.773 bits per heavy atom. The van der Waals surface area contributed by atoms with Crippen LogP contribution in [-0.4, -0.2) is 18.2 Å². The predicted octanol–water partition coefficient (Wildman–Crippen LogP) is 13.9. The molecule has 10 aromatic rings. The van der Waals surface area contributed by atoms with E-state index >= 15 is 0 Å². The van der Waals surface area contributed by atoms with Gasteiger partial charge in [-0.05, 0) is 115 Å². The maximum atomic E-state index is 5.07. The van der Waals surface area contributed by atoms with Crippen molar-refractivity contribution in [2.45, 2.75) is 26.2 Å². The second kappa shape index (κ2) is 18.3. The van der Waals surface area contributed by atoms with E-state index in [-0.39, 0.29) is 5.41 Å². The van der Waals surface area contributed by atoms with Gasteiger partial charge in [-0.2, -0.15) is 0 Å². The molecule has 0 amide bonds. The summed E-state index contributed by atoms with van der Waals surface area (Å²) in [6.07, 6.45) is 3.89. The van der Waals surface area contributed by atoms with Crippen LogP contribution in [0.4, 0.5) is 11.4 Å². The Labute approximate surface area is 390 Å². The molecule has 8 aromatic carbocycles. The molecule has 0 spiro atoms. The summed E-state index contributed by atoms with van der Waals surface area (Å²) in [6, 6.07) is 88.2. The fourth-order valence-electron chi connectivity index (χ4n) is 9.35. The van der Waals surface area contributed by atoms with Crippen LogP contribution in [-0.2, 0) is 5.41 Å². The van der Waals surface area contributed by atoms with Crippen molar-refractivity contribution in [3.05, 3.63) is 261 Å². The summed E-state index contributed by atoms with van der Waals surface area (Å²) in [4.78, 5) is 10.1. The number of nitrogens with zero attached hydrogens (tertiary/aromatic N) is 3. The number of benzene rings is 8. The minimum atomic E-state index is -3.24. The zero-order valence-electron chi connectivity index (χ0n) is 37.6. The second-order valence-electron chi connectivity index (χ2n) is 17.8. The summed E-state index contributed by atoms with van der Waals surface area (Å²) in [5.74, 6) is 0. The first-order valence-electron chi connectivity index (χ1n) is 22.7. The lowest BCUT2D eigenvalue weighted by atomic mass is 9.85. The number of pyridine rings is 2. The standard InChI is InChI=1S/C62H51N3Si/c1-62(2,3)52-40-51(61-43-48(36-38-64-61)46-22-9-4-10-23-46)42-54(45-52)65(66(55-28-13-6-14-29-55,56-30-15-7-16-31-56)57-32-17-8-18-33-57)53-27-21-26-50(41-53)60-44-49(37-39-63-60)59-35-20-19-34-58(59)47-24-11-5-12-25-47/h4-45H,1-3H3. The first kappa shape index (κ1) is 42.1. The third-order valence-electron chi connectivity index (χ3n) is 12.6. The quantitative estimate of drug-likeness (QED) is 0.0958. The lowest BCUT2D eigenvalue weighted by Crippen LogP contribution is -2.76. The average Bonchev–Trinajstić information content (AvgIpc) is 3.39. The highest BCUT2D eigenvalue weighted by atomic mass is 28.3. The van der Waals surface area contributed by atoms with Crippen LogP contribution in [0.25, 0.3) is 55.9 Å². The van der Waals surface area contributed by atoms with Gasteiger partial charge in [-0.15, -0.1) is 0 Å². The van der Waals surface area contributed by atoms with Crippen LogP contribution in [0.2, 0.25) is 0 Å². The lowest BCUT2D eigenvalue weighted by molar-refractivity contribution is 0.590. The van der Waals surface area contributed by atoms with Crippen LogP contribution in [0.3, 0.4) is 0 Å². The van der Waals surface area contributed by atoms with E-state index in [9.17, 15) is 0 Å². The fourth-order valence-corrected chi connectivity index (χ4v) is 14.2. The van der Waals surface area contributed by atoms with E-state index in [0.29, 0.717) is 0 Å². The SMILES string of the molecule is CC(C)(C)c1cc(-c2cc(-c3ccccc3)ccn2)cc(N(c2cccc(-c3cc(-c4ccccc4-c4ccccc4)ccn3)c2)[Si](c2ccccc2)(c2ccccc2)c2ccccc2)c1. The van der Waals surface area contributed by atoms with Gasteiger partial charge in [0.25, 0.3) is 8.24 Å². The largest absolute Gasteiger partial charge is 0.356 e.